The Labute approximate surface area is 135 Å². The van der Waals surface area contributed by atoms with E-state index < -0.39 is 0 Å². The number of carbonyl (C=O) groups is 1. The van der Waals surface area contributed by atoms with Crippen molar-refractivity contribution in [3.63, 3.8) is 0 Å². The monoisotopic (exact) mass is 311 g/mol. The van der Waals surface area contributed by atoms with Crippen LogP contribution >= 0.6 is 0 Å². The molecule has 1 saturated heterocycles. The molecule has 4 N–H and O–H groups in total. The van der Waals surface area contributed by atoms with Crippen LogP contribution in [0, 0.1) is 0 Å². The molecule has 6 nitrogen and oxygen atoms in total. The van der Waals surface area contributed by atoms with Crippen molar-refractivity contribution in [3.8, 4) is 0 Å². The molecule has 0 aromatic carbocycles. The Kier molecular flexibility index (Phi) is 4.95. The van der Waals surface area contributed by atoms with Crippen LogP contribution in [0.5, 0.6) is 0 Å². The minimum atomic E-state index is -0.195. The van der Waals surface area contributed by atoms with E-state index in [-0.39, 0.29) is 11.6 Å². The first-order chi connectivity index (χ1) is 11.2. The molecule has 1 aliphatic rings. The molecule has 2 aromatic rings. The normalized spacial score (nSPS) is 15.5. The Morgan fingerprint density at radius 2 is 2.09 bits per heavy atom. The molecule has 0 radical (unpaired) electrons. The summed E-state index contributed by atoms with van der Waals surface area (Å²) in [7, 11) is 0. The molecule has 0 unspecified atom stereocenters. The summed E-state index contributed by atoms with van der Waals surface area (Å²) in [6.45, 7) is 2.75. The third-order valence-corrected chi connectivity index (χ3v) is 4.03. The Bertz CT molecular complexity index is 682. The second-order valence-electron chi connectivity index (χ2n) is 5.68. The standard InChI is InChI=1S/C17H21N5O/c18-17-14(4-2-8-20-17)16(23)15-5-1-3-13(22-15)11-21-12-6-9-19-10-7-12/h1-5,8,12,19,21H,6-7,9-11H2,(H2,18,20). The summed E-state index contributed by atoms with van der Waals surface area (Å²) in [5, 5.41) is 6.85. The summed E-state index contributed by atoms with van der Waals surface area (Å²) in [6, 6.07) is 9.37. The fourth-order valence-electron chi connectivity index (χ4n) is 2.73. The van der Waals surface area contributed by atoms with Crippen LogP contribution < -0.4 is 16.4 Å². The quantitative estimate of drug-likeness (QED) is 0.717. The molecule has 0 aliphatic carbocycles. The molecule has 3 heterocycles. The predicted molar refractivity (Wildman–Crippen MR) is 89.1 cm³/mol. The lowest BCUT2D eigenvalue weighted by Crippen LogP contribution is -2.39. The van der Waals surface area contributed by atoms with Crippen LogP contribution in [0.25, 0.3) is 0 Å². The van der Waals surface area contributed by atoms with Gasteiger partial charge in [-0.05, 0) is 50.2 Å². The van der Waals surface area contributed by atoms with Crippen molar-refractivity contribution in [2.75, 3.05) is 18.8 Å². The van der Waals surface area contributed by atoms with E-state index in [1.54, 1.807) is 24.4 Å². The SMILES string of the molecule is Nc1ncccc1C(=O)c1cccc(CNC2CCNCC2)n1. The van der Waals surface area contributed by atoms with Gasteiger partial charge in [0, 0.05) is 18.8 Å². The zero-order valence-corrected chi connectivity index (χ0v) is 13.0. The van der Waals surface area contributed by atoms with E-state index in [0.29, 0.717) is 23.8 Å². The maximum atomic E-state index is 12.5. The van der Waals surface area contributed by atoms with E-state index in [1.165, 1.54) is 0 Å². The highest BCUT2D eigenvalue weighted by Crippen LogP contribution is 2.13. The number of piperidine rings is 1. The summed E-state index contributed by atoms with van der Waals surface area (Å²) in [4.78, 5) is 20.9. The number of aromatic nitrogens is 2. The average molecular weight is 311 g/mol. The van der Waals surface area contributed by atoms with Gasteiger partial charge >= 0.3 is 0 Å². The van der Waals surface area contributed by atoms with E-state index >= 15 is 0 Å². The van der Waals surface area contributed by atoms with Crippen LogP contribution in [-0.4, -0.2) is 34.9 Å². The number of anilines is 1. The topological polar surface area (TPSA) is 92.9 Å². The Morgan fingerprint density at radius 3 is 2.87 bits per heavy atom. The Morgan fingerprint density at radius 1 is 1.26 bits per heavy atom. The van der Waals surface area contributed by atoms with Crippen molar-refractivity contribution >= 4 is 11.6 Å². The molecule has 120 valence electrons. The summed E-state index contributed by atoms with van der Waals surface area (Å²) < 4.78 is 0. The molecule has 2 aromatic heterocycles. The fraction of sp³-hybridized carbons (Fsp3) is 0.353. The first-order valence-corrected chi connectivity index (χ1v) is 7.89. The van der Waals surface area contributed by atoms with Gasteiger partial charge in [-0.2, -0.15) is 0 Å². The van der Waals surface area contributed by atoms with Gasteiger partial charge in [-0.3, -0.25) is 4.79 Å². The van der Waals surface area contributed by atoms with Crippen LogP contribution in [0.3, 0.4) is 0 Å². The minimum absolute atomic E-state index is 0.195. The lowest BCUT2D eigenvalue weighted by atomic mass is 10.1. The summed E-state index contributed by atoms with van der Waals surface area (Å²) >= 11 is 0. The van der Waals surface area contributed by atoms with Gasteiger partial charge in [-0.25, -0.2) is 9.97 Å². The number of nitrogen functional groups attached to an aromatic ring is 1. The molecular weight excluding hydrogens is 290 g/mol. The van der Waals surface area contributed by atoms with E-state index in [9.17, 15) is 4.79 Å². The van der Waals surface area contributed by atoms with Crippen LogP contribution in [-0.2, 0) is 6.54 Å². The second kappa shape index (κ2) is 7.30. The maximum absolute atomic E-state index is 12.5. The zero-order valence-electron chi connectivity index (χ0n) is 13.0. The van der Waals surface area contributed by atoms with Crippen LogP contribution in [0.1, 0.15) is 34.6 Å². The van der Waals surface area contributed by atoms with Crippen molar-refractivity contribution in [3.05, 3.63) is 53.5 Å². The largest absolute Gasteiger partial charge is 0.383 e. The van der Waals surface area contributed by atoms with Crippen molar-refractivity contribution in [1.82, 2.24) is 20.6 Å². The highest BCUT2D eigenvalue weighted by molar-refractivity contribution is 6.10. The summed E-state index contributed by atoms with van der Waals surface area (Å²) in [5.74, 6) is 0.0388. The van der Waals surface area contributed by atoms with Gasteiger partial charge in [0.1, 0.15) is 11.5 Å². The van der Waals surface area contributed by atoms with Crippen LogP contribution in [0.4, 0.5) is 5.82 Å². The molecule has 6 heteroatoms. The van der Waals surface area contributed by atoms with Crippen LogP contribution in [0.15, 0.2) is 36.5 Å². The van der Waals surface area contributed by atoms with Gasteiger partial charge in [0.15, 0.2) is 0 Å². The number of pyridine rings is 2. The second-order valence-corrected chi connectivity index (χ2v) is 5.68. The van der Waals surface area contributed by atoms with E-state index in [4.69, 9.17) is 5.73 Å². The van der Waals surface area contributed by atoms with Gasteiger partial charge in [-0.1, -0.05) is 6.07 Å². The van der Waals surface area contributed by atoms with Crippen LogP contribution in [0.2, 0.25) is 0 Å². The number of ketones is 1. The average Bonchev–Trinajstić information content (AvgIpc) is 2.61. The number of carbonyl (C=O) groups excluding carboxylic acids is 1. The Balaban J connectivity index is 1.69. The van der Waals surface area contributed by atoms with Gasteiger partial charge < -0.3 is 16.4 Å². The summed E-state index contributed by atoms with van der Waals surface area (Å²) in [5.41, 5.74) is 7.42. The molecular formula is C17H21N5O. The highest BCUT2D eigenvalue weighted by atomic mass is 16.1. The van der Waals surface area contributed by atoms with Crippen molar-refractivity contribution in [1.29, 1.82) is 0 Å². The molecule has 23 heavy (non-hydrogen) atoms. The first-order valence-electron chi connectivity index (χ1n) is 7.89. The van der Waals surface area contributed by atoms with E-state index in [1.807, 2.05) is 12.1 Å². The molecule has 1 aliphatic heterocycles. The molecule has 0 amide bonds. The maximum Gasteiger partial charge on any atom is 0.215 e. The molecule has 3 rings (SSSR count). The lowest BCUT2D eigenvalue weighted by Gasteiger charge is -2.23. The highest BCUT2D eigenvalue weighted by Gasteiger charge is 2.15. The molecule has 0 atom stereocenters. The van der Waals surface area contributed by atoms with Crippen molar-refractivity contribution in [2.45, 2.75) is 25.4 Å². The minimum Gasteiger partial charge on any atom is -0.383 e. The number of rotatable bonds is 5. The Hall–Kier alpha value is -2.31. The van der Waals surface area contributed by atoms with Gasteiger partial charge in [0.05, 0.1) is 11.3 Å². The van der Waals surface area contributed by atoms with Gasteiger partial charge in [0.25, 0.3) is 0 Å². The fourth-order valence-corrected chi connectivity index (χ4v) is 2.73. The number of nitrogens with zero attached hydrogens (tertiary/aromatic N) is 2. The number of hydrogen-bond acceptors (Lipinski definition) is 6. The van der Waals surface area contributed by atoms with Gasteiger partial charge in [-0.15, -0.1) is 0 Å². The zero-order chi connectivity index (χ0) is 16.1. The molecule has 0 spiro atoms. The lowest BCUT2D eigenvalue weighted by molar-refractivity contribution is 0.103. The third-order valence-electron chi connectivity index (χ3n) is 4.03. The molecule has 1 fully saturated rings. The predicted octanol–water partition coefficient (Wildman–Crippen LogP) is 1.13. The third kappa shape index (κ3) is 3.91. The molecule has 0 bridgehead atoms. The molecule has 0 saturated carbocycles. The first kappa shape index (κ1) is 15.6. The number of nitrogens with two attached hydrogens (primary N) is 1. The van der Waals surface area contributed by atoms with Crippen molar-refractivity contribution < 1.29 is 4.79 Å². The number of hydrogen-bond donors (Lipinski definition) is 3. The summed E-state index contributed by atoms with van der Waals surface area (Å²) in [6.07, 6.45) is 3.80. The number of nitrogens with one attached hydrogen (secondary N) is 2. The van der Waals surface area contributed by atoms with E-state index in [0.717, 1.165) is 31.6 Å². The van der Waals surface area contributed by atoms with Crippen molar-refractivity contribution in [2.24, 2.45) is 0 Å². The van der Waals surface area contributed by atoms with E-state index in [2.05, 4.69) is 20.6 Å². The van der Waals surface area contributed by atoms with Gasteiger partial charge in [0.2, 0.25) is 5.78 Å². The smallest absolute Gasteiger partial charge is 0.215 e.